The van der Waals surface area contributed by atoms with Gasteiger partial charge in [-0.15, -0.1) is 0 Å². The smallest absolute Gasteiger partial charge is 0.249 e. The summed E-state index contributed by atoms with van der Waals surface area (Å²) in [4.78, 5) is 24.4. The van der Waals surface area contributed by atoms with E-state index in [0.29, 0.717) is 11.3 Å². The lowest BCUT2D eigenvalue weighted by Crippen LogP contribution is -2.38. The fourth-order valence-electron chi connectivity index (χ4n) is 1.80. The summed E-state index contributed by atoms with van der Waals surface area (Å²) in [5.41, 5.74) is 0.375. The molecule has 0 aliphatic heterocycles. The van der Waals surface area contributed by atoms with Crippen LogP contribution in [0.15, 0.2) is 9.59 Å². The molecule has 0 bridgehead atoms. The van der Waals surface area contributed by atoms with E-state index in [-0.39, 0.29) is 10.9 Å². The van der Waals surface area contributed by atoms with Crippen molar-refractivity contribution in [2.24, 2.45) is 0 Å². The van der Waals surface area contributed by atoms with E-state index in [0.717, 1.165) is 32.6 Å². The van der Waals surface area contributed by atoms with Crippen molar-refractivity contribution < 1.29 is 0 Å². The summed E-state index contributed by atoms with van der Waals surface area (Å²) in [6.45, 7) is 9.68. The SMILES string of the molecule is CCCN(CC)CCNc1c(C)c(=O)c1=O. The number of rotatable bonds is 7. The van der Waals surface area contributed by atoms with E-state index in [1.807, 2.05) is 0 Å². The van der Waals surface area contributed by atoms with Crippen LogP contribution in [0.2, 0.25) is 0 Å². The zero-order valence-electron chi connectivity index (χ0n) is 10.3. The van der Waals surface area contributed by atoms with Gasteiger partial charge in [0.1, 0.15) is 0 Å². The van der Waals surface area contributed by atoms with E-state index >= 15 is 0 Å². The molecule has 0 saturated heterocycles. The zero-order valence-corrected chi connectivity index (χ0v) is 10.3. The Morgan fingerprint density at radius 2 is 1.81 bits per heavy atom. The number of anilines is 1. The molecule has 0 heterocycles. The topological polar surface area (TPSA) is 49.4 Å². The molecule has 0 unspecified atom stereocenters. The first-order chi connectivity index (χ1) is 7.61. The first kappa shape index (κ1) is 12.9. The van der Waals surface area contributed by atoms with Gasteiger partial charge in [-0.25, -0.2) is 0 Å². The fraction of sp³-hybridized carbons (Fsp3) is 0.667. The Morgan fingerprint density at radius 1 is 1.12 bits per heavy atom. The molecule has 0 aromatic heterocycles. The molecule has 90 valence electrons. The van der Waals surface area contributed by atoms with E-state index in [1.165, 1.54) is 0 Å². The third-order valence-electron chi connectivity index (χ3n) is 2.87. The molecule has 0 aliphatic rings. The second-order valence-electron chi connectivity index (χ2n) is 4.02. The van der Waals surface area contributed by atoms with Crippen LogP contribution < -0.4 is 16.2 Å². The molecule has 0 spiro atoms. The van der Waals surface area contributed by atoms with Gasteiger partial charge in [-0.2, -0.15) is 0 Å². The van der Waals surface area contributed by atoms with Crippen LogP contribution >= 0.6 is 0 Å². The number of likely N-dealkylation sites (N-methyl/N-ethyl adjacent to an activating group) is 1. The molecular weight excluding hydrogens is 204 g/mol. The molecule has 1 rings (SSSR count). The highest BCUT2D eigenvalue weighted by Crippen LogP contribution is 2.04. The minimum Gasteiger partial charge on any atom is -0.380 e. The molecular formula is C12H20N2O2. The highest BCUT2D eigenvalue weighted by atomic mass is 16.2. The van der Waals surface area contributed by atoms with Crippen LogP contribution in [0, 0.1) is 6.92 Å². The summed E-state index contributed by atoms with van der Waals surface area (Å²) >= 11 is 0. The third kappa shape index (κ3) is 2.70. The number of nitrogens with zero attached hydrogens (tertiary/aromatic N) is 1. The van der Waals surface area contributed by atoms with Gasteiger partial charge in [0.25, 0.3) is 0 Å². The van der Waals surface area contributed by atoms with Crippen molar-refractivity contribution in [2.45, 2.75) is 27.2 Å². The van der Waals surface area contributed by atoms with Crippen molar-refractivity contribution in [3.8, 4) is 0 Å². The quantitative estimate of drug-likeness (QED) is 0.694. The van der Waals surface area contributed by atoms with Gasteiger partial charge in [-0.05, 0) is 26.4 Å². The van der Waals surface area contributed by atoms with Gasteiger partial charge in [-0.1, -0.05) is 13.8 Å². The van der Waals surface area contributed by atoms with Gasteiger partial charge < -0.3 is 10.2 Å². The van der Waals surface area contributed by atoms with Gasteiger partial charge in [0.2, 0.25) is 10.9 Å². The summed E-state index contributed by atoms with van der Waals surface area (Å²) in [7, 11) is 0. The van der Waals surface area contributed by atoms with Crippen molar-refractivity contribution in [3.63, 3.8) is 0 Å². The molecule has 0 amide bonds. The van der Waals surface area contributed by atoms with Gasteiger partial charge in [-0.3, -0.25) is 9.59 Å². The second-order valence-corrected chi connectivity index (χ2v) is 4.02. The predicted molar refractivity (Wildman–Crippen MR) is 67.0 cm³/mol. The average Bonchev–Trinajstić information content (AvgIpc) is 2.31. The first-order valence-corrected chi connectivity index (χ1v) is 5.87. The van der Waals surface area contributed by atoms with Crippen molar-refractivity contribution in [2.75, 3.05) is 31.5 Å². The minimum absolute atomic E-state index is 0.344. The molecule has 4 heteroatoms. The largest absolute Gasteiger partial charge is 0.380 e. The van der Waals surface area contributed by atoms with Crippen LogP contribution in [0.1, 0.15) is 25.8 Å². The van der Waals surface area contributed by atoms with E-state index in [9.17, 15) is 9.59 Å². The molecule has 1 aromatic rings. The maximum Gasteiger partial charge on any atom is 0.249 e. The van der Waals surface area contributed by atoms with Crippen molar-refractivity contribution in [3.05, 3.63) is 26.0 Å². The summed E-state index contributed by atoms with van der Waals surface area (Å²) in [6.07, 6.45) is 1.13. The highest BCUT2D eigenvalue weighted by Gasteiger charge is 2.15. The average molecular weight is 224 g/mol. The number of hydrogen-bond donors (Lipinski definition) is 1. The van der Waals surface area contributed by atoms with Gasteiger partial charge >= 0.3 is 0 Å². The van der Waals surface area contributed by atoms with Crippen LogP contribution in [0.5, 0.6) is 0 Å². The third-order valence-corrected chi connectivity index (χ3v) is 2.87. The van der Waals surface area contributed by atoms with E-state index in [1.54, 1.807) is 6.92 Å². The maximum atomic E-state index is 11.2. The summed E-state index contributed by atoms with van der Waals surface area (Å²) in [5.74, 6) is 0. The van der Waals surface area contributed by atoms with Gasteiger partial charge in [0.15, 0.2) is 0 Å². The molecule has 0 saturated carbocycles. The first-order valence-electron chi connectivity index (χ1n) is 5.87. The Labute approximate surface area is 96.0 Å². The lowest BCUT2D eigenvalue weighted by atomic mass is 10.1. The molecule has 16 heavy (non-hydrogen) atoms. The minimum atomic E-state index is -0.365. The monoisotopic (exact) mass is 224 g/mol. The molecule has 1 aromatic carbocycles. The molecule has 1 N–H and O–H groups in total. The van der Waals surface area contributed by atoms with E-state index in [2.05, 4.69) is 24.1 Å². The fourth-order valence-corrected chi connectivity index (χ4v) is 1.80. The Morgan fingerprint density at radius 3 is 2.31 bits per heavy atom. The lowest BCUT2D eigenvalue weighted by molar-refractivity contribution is 0.300. The van der Waals surface area contributed by atoms with Crippen molar-refractivity contribution >= 4 is 5.69 Å². The summed E-state index contributed by atoms with van der Waals surface area (Å²) < 4.78 is 0. The summed E-state index contributed by atoms with van der Waals surface area (Å²) in [6, 6.07) is 0. The Bertz CT molecular complexity index is 405. The molecule has 0 aliphatic carbocycles. The zero-order chi connectivity index (χ0) is 12.1. The van der Waals surface area contributed by atoms with Crippen LogP contribution in [0.3, 0.4) is 0 Å². The molecule has 0 radical (unpaired) electrons. The number of hydrogen-bond acceptors (Lipinski definition) is 4. The van der Waals surface area contributed by atoms with Gasteiger partial charge in [0.05, 0.1) is 5.69 Å². The predicted octanol–water partition coefficient (Wildman–Crippen LogP) is 0.735. The standard InChI is InChI=1S/C12H20N2O2/c1-4-7-14(5-2)8-6-13-10-9(3)11(15)12(10)16/h13H,4-8H2,1-3H3. The molecule has 0 fully saturated rings. The van der Waals surface area contributed by atoms with E-state index in [4.69, 9.17) is 0 Å². The van der Waals surface area contributed by atoms with Crippen LogP contribution in [0.4, 0.5) is 5.69 Å². The molecule has 4 nitrogen and oxygen atoms in total. The Balaban J connectivity index is 2.36. The van der Waals surface area contributed by atoms with Gasteiger partial charge in [0, 0.05) is 18.7 Å². The maximum absolute atomic E-state index is 11.2. The highest BCUT2D eigenvalue weighted by molar-refractivity contribution is 5.55. The Hall–Kier alpha value is -1.16. The number of nitrogens with one attached hydrogen (secondary N) is 1. The second kappa shape index (κ2) is 5.80. The normalized spacial score (nSPS) is 11.2. The van der Waals surface area contributed by atoms with Crippen LogP contribution in [-0.2, 0) is 0 Å². The summed E-state index contributed by atoms with van der Waals surface area (Å²) in [5, 5.41) is 3.04. The van der Waals surface area contributed by atoms with Crippen LogP contribution in [-0.4, -0.2) is 31.1 Å². The van der Waals surface area contributed by atoms with Crippen LogP contribution in [0.25, 0.3) is 0 Å². The van der Waals surface area contributed by atoms with E-state index < -0.39 is 0 Å². The Kier molecular flexibility index (Phi) is 4.68. The molecule has 0 atom stereocenters. The lowest BCUT2D eigenvalue weighted by Gasteiger charge is -2.20. The van der Waals surface area contributed by atoms with Crippen molar-refractivity contribution in [1.29, 1.82) is 0 Å². The van der Waals surface area contributed by atoms with Crippen molar-refractivity contribution in [1.82, 2.24) is 4.90 Å².